The fourth-order valence-corrected chi connectivity index (χ4v) is 2.12. The third-order valence-corrected chi connectivity index (χ3v) is 3.43. The molecule has 0 radical (unpaired) electrons. The minimum Gasteiger partial charge on any atom is -0.481 e. The zero-order chi connectivity index (χ0) is 14.0. The number of aliphatic carboxylic acids is 1. The average Bonchev–Trinajstić information content (AvgIpc) is 2.31. The van der Waals surface area contributed by atoms with Gasteiger partial charge in [0.15, 0.2) is 0 Å². The molecule has 2 unspecified atom stereocenters. The van der Waals surface area contributed by atoms with Crippen LogP contribution in [0.3, 0.4) is 0 Å². The molecule has 0 aromatic carbocycles. The maximum atomic E-state index is 11.3. The van der Waals surface area contributed by atoms with Crippen LogP contribution in [0.4, 0.5) is 0 Å². The van der Waals surface area contributed by atoms with E-state index in [9.17, 15) is 9.59 Å². The van der Waals surface area contributed by atoms with E-state index in [-0.39, 0.29) is 17.7 Å². The third-order valence-electron chi connectivity index (χ3n) is 3.43. The smallest absolute Gasteiger partial charge is 0.306 e. The maximum absolute atomic E-state index is 11.3. The van der Waals surface area contributed by atoms with Crippen molar-refractivity contribution in [2.75, 3.05) is 0 Å². The second kappa shape index (κ2) is 9.92. The highest BCUT2D eigenvalue weighted by molar-refractivity contribution is 5.76. The van der Waals surface area contributed by atoms with E-state index in [4.69, 9.17) is 10.8 Å². The van der Waals surface area contributed by atoms with Crippen LogP contribution in [-0.4, -0.2) is 17.0 Å². The topological polar surface area (TPSA) is 80.4 Å². The molecule has 4 heteroatoms. The van der Waals surface area contributed by atoms with Crippen LogP contribution in [0.15, 0.2) is 0 Å². The summed E-state index contributed by atoms with van der Waals surface area (Å²) in [5.41, 5.74) is 5.35. The van der Waals surface area contributed by atoms with E-state index in [1.807, 2.05) is 6.92 Å². The van der Waals surface area contributed by atoms with Crippen LogP contribution in [0.5, 0.6) is 0 Å². The first-order chi connectivity index (χ1) is 8.52. The molecular formula is C14H27NO3. The predicted molar refractivity (Wildman–Crippen MR) is 72.1 cm³/mol. The van der Waals surface area contributed by atoms with Crippen LogP contribution < -0.4 is 5.73 Å². The number of rotatable bonds is 11. The third kappa shape index (κ3) is 7.30. The van der Waals surface area contributed by atoms with Gasteiger partial charge in [-0.2, -0.15) is 0 Å². The van der Waals surface area contributed by atoms with Crippen molar-refractivity contribution in [2.24, 2.45) is 17.6 Å². The molecule has 0 spiro atoms. The SMILES string of the molecule is CCCCC(CCC(CCCC)C(=O)O)C(N)=O. The first kappa shape index (κ1) is 16.9. The lowest BCUT2D eigenvalue weighted by Gasteiger charge is -2.16. The molecule has 0 rings (SSSR count). The lowest BCUT2D eigenvalue weighted by atomic mass is 9.89. The Kier molecular flexibility index (Phi) is 9.33. The van der Waals surface area contributed by atoms with Gasteiger partial charge in [-0.1, -0.05) is 39.5 Å². The molecule has 3 N–H and O–H groups in total. The molecule has 0 bridgehead atoms. The molecule has 0 aromatic rings. The predicted octanol–water partition coefficient (Wildman–Crippen LogP) is 2.95. The van der Waals surface area contributed by atoms with Gasteiger partial charge in [0.25, 0.3) is 0 Å². The van der Waals surface area contributed by atoms with Crippen LogP contribution in [0.1, 0.15) is 65.2 Å². The highest BCUT2D eigenvalue weighted by Gasteiger charge is 2.21. The summed E-state index contributed by atoms with van der Waals surface area (Å²) in [6.45, 7) is 4.12. The van der Waals surface area contributed by atoms with Crippen molar-refractivity contribution < 1.29 is 14.7 Å². The second-order valence-electron chi connectivity index (χ2n) is 5.00. The van der Waals surface area contributed by atoms with Gasteiger partial charge in [0.05, 0.1) is 5.92 Å². The Bertz CT molecular complexity index is 227. The van der Waals surface area contributed by atoms with Gasteiger partial charge in [0.1, 0.15) is 0 Å². The molecule has 4 nitrogen and oxygen atoms in total. The van der Waals surface area contributed by atoms with Crippen molar-refractivity contribution in [2.45, 2.75) is 65.2 Å². The number of carboxylic acids is 1. The minimum atomic E-state index is -0.748. The molecule has 0 fully saturated rings. The van der Waals surface area contributed by atoms with Crippen molar-refractivity contribution in [3.05, 3.63) is 0 Å². The molecule has 0 heterocycles. The van der Waals surface area contributed by atoms with E-state index in [2.05, 4.69) is 6.92 Å². The minimum absolute atomic E-state index is 0.159. The van der Waals surface area contributed by atoms with Crippen molar-refractivity contribution >= 4 is 11.9 Å². The fraction of sp³-hybridized carbons (Fsp3) is 0.857. The molecule has 18 heavy (non-hydrogen) atoms. The zero-order valence-corrected chi connectivity index (χ0v) is 11.7. The Labute approximate surface area is 110 Å². The summed E-state index contributed by atoms with van der Waals surface area (Å²) < 4.78 is 0. The van der Waals surface area contributed by atoms with Crippen molar-refractivity contribution in [1.82, 2.24) is 0 Å². The second-order valence-corrected chi connectivity index (χ2v) is 5.00. The Morgan fingerprint density at radius 3 is 1.78 bits per heavy atom. The summed E-state index contributed by atoms with van der Waals surface area (Å²) >= 11 is 0. The van der Waals surface area contributed by atoms with Crippen LogP contribution >= 0.6 is 0 Å². The molecule has 0 aliphatic carbocycles. The molecule has 0 saturated heterocycles. The lowest BCUT2D eigenvalue weighted by Crippen LogP contribution is -2.25. The van der Waals surface area contributed by atoms with Gasteiger partial charge in [-0.15, -0.1) is 0 Å². The Morgan fingerprint density at radius 2 is 1.39 bits per heavy atom. The van der Waals surface area contributed by atoms with Crippen LogP contribution in [-0.2, 0) is 9.59 Å². The maximum Gasteiger partial charge on any atom is 0.306 e. The largest absolute Gasteiger partial charge is 0.481 e. The van der Waals surface area contributed by atoms with Crippen molar-refractivity contribution in [3.63, 3.8) is 0 Å². The highest BCUT2D eigenvalue weighted by Crippen LogP contribution is 2.21. The normalized spacial score (nSPS) is 14.1. The summed E-state index contributed by atoms with van der Waals surface area (Å²) in [6.07, 6.45) is 6.58. The molecule has 106 valence electrons. The summed E-state index contributed by atoms with van der Waals surface area (Å²) in [4.78, 5) is 22.4. The summed E-state index contributed by atoms with van der Waals surface area (Å²) in [5.74, 6) is -1.52. The quantitative estimate of drug-likeness (QED) is 0.597. The van der Waals surface area contributed by atoms with Crippen LogP contribution in [0.2, 0.25) is 0 Å². The average molecular weight is 257 g/mol. The van der Waals surface area contributed by atoms with E-state index in [1.54, 1.807) is 0 Å². The zero-order valence-electron chi connectivity index (χ0n) is 11.7. The van der Waals surface area contributed by atoms with Crippen LogP contribution in [0, 0.1) is 11.8 Å². The molecule has 2 atom stereocenters. The Hall–Kier alpha value is -1.06. The van der Waals surface area contributed by atoms with Gasteiger partial charge in [-0.05, 0) is 25.7 Å². The Balaban J connectivity index is 4.18. The first-order valence-electron chi connectivity index (χ1n) is 7.05. The lowest BCUT2D eigenvalue weighted by molar-refractivity contribution is -0.142. The van der Waals surface area contributed by atoms with E-state index in [0.717, 1.165) is 32.1 Å². The summed E-state index contributed by atoms with van der Waals surface area (Å²) in [6, 6.07) is 0. The Morgan fingerprint density at radius 1 is 0.944 bits per heavy atom. The molecule has 0 aliphatic heterocycles. The monoisotopic (exact) mass is 257 g/mol. The number of carboxylic acid groups (broad SMARTS) is 1. The molecule has 0 saturated carbocycles. The van der Waals surface area contributed by atoms with Gasteiger partial charge >= 0.3 is 5.97 Å². The highest BCUT2D eigenvalue weighted by atomic mass is 16.4. The van der Waals surface area contributed by atoms with Gasteiger partial charge in [0, 0.05) is 5.92 Å². The van der Waals surface area contributed by atoms with Crippen molar-refractivity contribution in [3.8, 4) is 0 Å². The van der Waals surface area contributed by atoms with E-state index < -0.39 is 5.97 Å². The van der Waals surface area contributed by atoms with E-state index >= 15 is 0 Å². The fourth-order valence-electron chi connectivity index (χ4n) is 2.12. The summed E-state index contributed by atoms with van der Waals surface area (Å²) in [5, 5.41) is 9.11. The molecule has 0 aliphatic rings. The number of carbonyl (C=O) groups excluding carboxylic acids is 1. The summed E-state index contributed by atoms with van der Waals surface area (Å²) in [7, 11) is 0. The molecule has 0 aromatic heterocycles. The number of hydrogen-bond acceptors (Lipinski definition) is 2. The number of hydrogen-bond donors (Lipinski definition) is 2. The van der Waals surface area contributed by atoms with Gasteiger partial charge < -0.3 is 10.8 Å². The number of primary amides is 1. The molecular weight excluding hydrogens is 230 g/mol. The molecule has 1 amide bonds. The van der Waals surface area contributed by atoms with Crippen LogP contribution in [0.25, 0.3) is 0 Å². The first-order valence-corrected chi connectivity index (χ1v) is 7.05. The van der Waals surface area contributed by atoms with Gasteiger partial charge in [-0.3, -0.25) is 9.59 Å². The number of carbonyl (C=O) groups is 2. The standard InChI is InChI=1S/C14H27NO3/c1-3-5-7-11(13(15)16)9-10-12(14(17)18)8-6-4-2/h11-12H,3-10H2,1-2H3,(H2,15,16)(H,17,18). The van der Waals surface area contributed by atoms with Gasteiger partial charge in [-0.25, -0.2) is 0 Å². The van der Waals surface area contributed by atoms with Crippen molar-refractivity contribution in [1.29, 1.82) is 0 Å². The number of nitrogens with two attached hydrogens (primary N) is 1. The van der Waals surface area contributed by atoms with E-state index in [1.165, 1.54) is 0 Å². The number of unbranched alkanes of at least 4 members (excludes halogenated alkanes) is 2. The number of amides is 1. The van der Waals surface area contributed by atoms with Gasteiger partial charge in [0.2, 0.25) is 5.91 Å². The van der Waals surface area contributed by atoms with E-state index in [0.29, 0.717) is 19.3 Å².